The molecule has 0 saturated carbocycles. The van der Waals surface area contributed by atoms with Crippen LogP contribution in [-0.2, 0) is 6.42 Å². The van der Waals surface area contributed by atoms with Gasteiger partial charge in [0.1, 0.15) is 0 Å². The van der Waals surface area contributed by atoms with E-state index in [0.717, 1.165) is 26.2 Å². The van der Waals surface area contributed by atoms with E-state index in [1.807, 2.05) is 36.0 Å². The van der Waals surface area contributed by atoms with Crippen molar-refractivity contribution in [1.82, 2.24) is 14.4 Å². The Morgan fingerprint density at radius 2 is 2.22 bits per heavy atom. The quantitative estimate of drug-likeness (QED) is 0.692. The van der Waals surface area contributed by atoms with Crippen LogP contribution in [0.2, 0.25) is 0 Å². The van der Waals surface area contributed by atoms with Crippen molar-refractivity contribution in [2.24, 2.45) is 0 Å². The van der Waals surface area contributed by atoms with E-state index in [-0.39, 0.29) is 5.78 Å². The number of rotatable bonds is 3. The Hall–Kier alpha value is -1.53. The lowest BCUT2D eigenvalue weighted by molar-refractivity contribution is 0.0995. The molecular weight excluding hydrogens is 266 g/mol. The van der Waals surface area contributed by atoms with Gasteiger partial charge >= 0.3 is 0 Å². The summed E-state index contributed by atoms with van der Waals surface area (Å²) in [7, 11) is 0. The second kappa shape index (κ2) is 4.29. The SMILES string of the molecule is Cc1nc(C)c(C(=O)Cc2cn3ccsc3n2)s1. The van der Waals surface area contributed by atoms with Crippen molar-refractivity contribution in [3.05, 3.63) is 39.0 Å². The Bertz CT molecular complexity index is 694. The fourth-order valence-electron chi connectivity index (χ4n) is 1.90. The second-order valence-corrected chi connectivity index (χ2v) is 6.15. The molecule has 0 N–H and O–H groups in total. The number of hydrogen-bond donors (Lipinski definition) is 0. The Morgan fingerprint density at radius 1 is 1.39 bits per heavy atom. The van der Waals surface area contributed by atoms with Crippen LogP contribution >= 0.6 is 22.7 Å². The summed E-state index contributed by atoms with van der Waals surface area (Å²) in [5, 5.41) is 2.91. The highest BCUT2D eigenvalue weighted by atomic mass is 32.1. The molecule has 3 aromatic rings. The molecule has 0 radical (unpaired) electrons. The molecule has 0 aromatic carbocycles. The first-order valence-corrected chi connectivity index (χ1v) is 7.21. The Morgan fingerprint density at radius 3 is 2.89 bits per heavy atom. The van der Waals surface area contributed by atoms with Crippen molar-refractivity contribution < 1.29 is 4.79 Å². The number of thiazole rings is 2. The first-order valence-electron chi connectivity index (χ1n) is 5.52. The highest BCUT2D eigenvalue weighted by molar-refractivity contribution is 7.15. The third-order valence-corrected chi connectivity index (χ3v) is 4.53. The van der Waals surface area contributed by atoms with Crippen molar-refractivity contribution in [1.29, 1.82) is 0 Å². The summed E-state index contributed by atoms with van der Waals surface area (Å²) in [4.78, 5) is 22.6. The molecule has 92 valence electrons. The summed E-state index contributed by atoms with van der Waals surface area (Å²) in [6.07, 6.45) is 4.20. The molecule has 0 aliphatic rings. The molecular formula is C12H11N3OS2. The van der Waals surface area contributed by atoms with Gasteiger partial charge in [0.05, 0.1) is 27.7 Å². The Balaban J connectivity index is 1.86. The normalized spacial score (nSPS) is 11.2. The van der Waals surface area contributed by atoms with Gasteiger partial charge in [-0.3, -0.25) is 9.20 Å². The third kappa shape index (κ3) is 1.97. The van der Waals surface area contributed by atoms with Gasteiger partial charge in [0, 0.05) is 17.8 Å². The van der Waals surface area contributed by atoms with E-state index in [2.05, 4.69) is 9.97 Å². The van der Waals surface area contributed by atoms with E-state index >= 15 is 0 Å². The zero-order valence-electron chi connectivity index (χ0n) is 10.0. The van der Waals surface area contributed by atoms with E-state index in [1.54, 1.807) is 11.3 Å². The minimum absolute atomic E-state index is 0.101. The molecule has 0 amide bonds. The average molecular weight is 277 g/mol. The van der Waals surface area contributed by atoms with Crippen molar-refractivity contribution in [3.8, 4) is 0 Å². The standard InChI is InChI=1S/C12H11N3OS2/c1-7-11(18-8(2)13-7)10(16)5-9-6-15-3-4-17-12(15)14-9/h3-4,6H,5H2,1-2H3. The molecule has 3 rings (SSSR count). The first-order chi connectivity index (χ1) is 8.63. The largest absolute Gasteiger partial charge is 0.297 e. The molecule has 0 unspecified atom stereocenters. The summed E-state index contributed by atoms with van der Waals surface area (Å²) in [5.41, 5.74) is 1.64. The van der Waals surface area contributed by atoms with Gasteiger partial charge in [-0.25, -0.2) is 9.97 Å². The number of carbonyl (C=O) groups excluding carboxylic acids is 1. The molecule has 4 nitrogen and oxygen atoms in total. The lowest BCUT2D eigenvalue weighted by atomic mass is 10.2. The number of Topliss-reactive ketones (excluding diaryl/α,β-unsaturated/α-hetero) is 1. The van der Waals surface area contributed by atoms with Crippen molar-refractivity contribution in [2.75, 3.05) is 0 Å². The molecule has 0 aliphatic heterocycles. The Labute approximate surface area is 112 Å². The minimum Gasteiger partial charge on any atom is -0.297 e. The number of aromatic nitrogens is 3. The van der Waals surface area contributed by atoms with Crippen molar-refractivity contribution >= 4 is 33.4 Å². The molecule has 0 spiro atoms. The molecule has 0 fully saturated rings. The number of aryl methyl sites for hydroxylation is 2. The molecule has 3 heterocycles. The molecule has 18 heavy (non-hydrogen) atoms. The lowest BCUT2D eigenvalue weighted by Crippen LogP contribution is -2.03. The van der Waals surface area contributed by atoms with Crippen LogP contribution in [0, 0.1) is 13.8 Å². The van der Waals surface area contributed by atoms with Gasteiger partial charge < -0.3 is 0 Å². The van der Waals surface area contributed by atoms with Crippen LogP contribution in [0.25, 0.3) is 4.96 Å². The van der Waals surface area contributed by atoms with Gasteiger partial charge in [-0.05, 0) is 13.8 Å². The predicted molar refractivity (Wildman–Crippen MR) is 72.7 cm³/mol. The van der Waals surface area contributed by atoms with Gasteiger partial charge in [0.25, 0.3) is 0 Å². The predicted octanol–water partition coefficient (Wildman–Crippen LogP) is 2.89. The number of carbonyl (C=O) groups is 1. The zero-order chi connectivity index (χ0) is 12.7. The van der Waals surface area contributed by atoms with Crippen LogP contribution < -0.4 is 0 Å². The van der Waals surface area contributed by atoms with Crippen LogP contribution in [0.5, 0.6) is 0 Å². The van der Waals surface area contributed by atoms with Gasteiger partial charge in [0.2, 0.25) is 0 Å². The summed E-state index contributed by atoms with van der Waals surface area (Å²) in [6.45, 7) is 3.80. The first kappa shape index (κ1) is 11.6. The van der Waals surface area contributed by atoms with E-state index < -0.39 is 0 Å². The smallest absolute Gasteiger partial charge is 0.193 e. The summed E-state index contributed by atoms with van der Waals surface area (Å²) in [5.74, 6) is 0.101. The topological polar surface area (TPSA) is 47.3 Å². The molecule has 0 aliphatic carbocycles. The molecule has 0 atom stereocenters. The highest BCUT2D eigenvalue weighted by Gasteiger charge is 2.16. The lowest BCUT2D eigenvalue weighted by Gasteiger charge is -1.95. The van der Waals surface area contributed by atoms with Crippen molar-refractivity contribution in [3.63, 3.8) is 0 Å². The molecule has 0 saturated heterocycles. The molecule has 0 bridgehead atoms. The van der Waals surface area contributed by atoms with E-state index in [4.69, 9.17) is 0 Å². The molecule has 3 aromatic heterocycles. The minimum atomic E-state index is 0.101. The zero-order valence-corrected chi connectivity index (χ0v) is 11.6. The van der Waals surface area contributed by atoms with Gasteiger partial charge in [-0.1, -0.05) is 0 Å². The number of hydrogen-bond acceptors (Lipinski definition) is 5. The van der Waals surface area contributed by atoms with Crippen LogP contribution in [0.1, 0.15) is 26.1 Å². The number of imidazole rings is 1. The van der Waals surface area contributed by atoms with Gasteiger partial charge in [-0.2, -0.15) is 0 Å². The number of fused-ring (bicyclic) bond motifs is 1. The molecule has 6 heteroatoms. The summed E-state index contributed by atoms with van der Waals surface area (Å²) in [6, 6.07) is 0. The Kier molecular flexibility index (Phi) is 2.76. The monoisotopic (exact) mass is 277 g/mol. The van der Waals surface area contributed by atoms with E-state index in [1.165, 1.54) is 11.3 Å². The maximum atomic E-state index is 12.2. The van der Waals surface area contributed by atoms with E-state index in [9.17, 15) is 4.79 Å². The summed E-state index contributed by atoms with van der Waals surface area (Å²) >= 11 is 3.03. The van der Waals surface area contributed by atoms with Gasteiger partial charge in [0.15, 0.2) is 10.7 Å². The van der Waals surface area contributed by atoms with Crippen LogP contribution in [0.4, 0.5) is 0 Å². The van der Waals surface area contributed by atoms with E-state index in [0.29, 0.717) is 6.42 Å². The maximum absolute atomic E-state index is 12.2. The highest BCUT2D eigenvalue weighted by Crippen LogP contribution is 2.20. The van der Waals surface area contributed by atoms with Crippen LogP contribution in [0.15, 0.2) is 17.8 Å². The van der Waals surface area contributed by atoms with Crippen LogP contribution in [0.3, 0.4) is 0 Å². The third-order valence-electron chi connectivity index (χ3n) is 2.64. The van der Waals surface area contributed by atoms with Crippen molar-refractivity contribution in [2.45, 2.75) is 20.3 Å². The second-order valence-electron chi connectivity index (χ2n) is 4.07. The fourth-order valence-corrected chi connectivity index (χ4v) is 3.47. The number of ketones is 1. The van der Waals surface area contributed by atoms with Gasteiger partial charge in [-0.15, -0.1) is 22.7 Å². The summed E-state index contributed by atoms with van der Waals surface area (Å²) < 4.78 is 1.94. The van der Waals surface area contributed by atoms with Crippen LogP contribution in [-0.4, -0.2) is 20.2 Å². The average Bonchev–Trinajstić information content (AvgIpc) is 2.92. The maximum Gasteiger partial charge on any atom is 0.193 e. The number of nitrogens with zero attached hydrogens (tertiary/aromatic N) is 3. The fraction of sp³-hybridized carbons (Fsp3) is 0.250.